The van der Waals surface area contributed by atoms with Crippen LogP contribution in [0, 0.1) is 5.92 Å². The number of hydrazine groups is 1. The molecule has 0 heterocycles. The van der Waals surface area contributed by atoms with E-state index >= 15 is 0 Å². The Hall–Kier alpha value is -2.50. The van der Waals surface area contributed by atoms with Crippen LogP contribution in [0.3, 0.4) is 0 Å². The fraction of sp³-hybridized carbons (Fsp3) is 0.222. The van der Waals surface area contributed by atoms with Gasteiger partial charge in [0.2, 0.25) is 0 Å². The zero-order valence-electron chi connectivity index (χ0n) is 13.1. The number of hydrogen-bond donors (Lipinski definition) is 3. The minimum atomic E-state index is -0.715. The number of amides is 1. The van der Waals surface area contributed by atoms with Crippen LogP contribution < -0.4 is 11.3 Å². The third kappa shape index (κ3) is 3.64. The smallest absolute Gasteiger partial charge is 0.265 e. The summed E-state index contributed by atoms with van der Waals surface area (Å²) in [7, 11) is 0. The monoisotopic (exact) mass is 312 g/mol. The maximum atomic E-state index is 12.7. The number of aliphatic hydroxyl groups excluding tert-OH is 1. The first kappa shape index (κ1) is 16.9. The van der Waals surface area contributed by atoms with E-state index < -0.39 is 12.0 Å². The molecule has 0 aliphatic rings. The first-order chi connectivity index (χ1) is 11.0. The van der Waals surface area contributed by atoms with Gasteiger partial charge in [0.05, 0.1) is 11.7 Å². The van der Waals surface area contributed by atoms with Crippen molar-refractivity contribution in [2.24, 2.45) is 11.8 Å². The lowest BCUT2D eigenvalue weighted by Gasteiger charge is -2.17. The zero-order chi connectivity index (χ0) is 17.0. The van der Waals surface area contributed by atoms with Crippen molar-refractivity contribution < 1.29 is 14.7 Å². The summed E-state index contributed by atoms with van der Waals surface area (Å²) >= 11 is 0. The summed E-state index contributed by atoms with van der Waals surface area (Å²) < 4.78 is 0. The molecule has 5 heteroatoms. The average molecular weight is 312 g/mol. The summed E-state index contributed by atoms with van der Waals surface area (Å²) in [5.41, 5.74) is 3.50. The molecule has 120 valence electrons. The summed E-state index contributed by atoms with van der Waals surface area (Å²) in [6.45, 7) is 3.76. The topological polar surface area (TPSA) is 92.4 Å². The number of nitrogens with one attached hydrogen (secondary N) is 1. The molecule has 2 aromatic rings. The molecular weight excluding hydrogens is 292 g/mol. The highest BCUT2D eigenvalue weighted by Crippen LogP contribution is 2.25. The maximum absolute atomic E-state index is 12.7. The Morgan fingerprint density at radius 1 is 1.04 bits per heavy atom. The minimum Gasteiger partial charge on any atom is -0.388 e. The number of nitrogens with two attached hydrogens (primary N) is 1. The highest BCUT2D eigenvalue weighted by Gasteiger charge is 2.21. The van der Waals surface area contributed by atoms with E-state index in [-0.39, 0.29) is 22.8 Å². The van der Waals surface area contributed by atoms with Gasteiger partial charge >= 0.3 is 0 Å². The van der Waals surface area contributed by atoms with Crippen LogP contribution in [0.5, 0.6) is 0 Å². The van der Waals surface area contributed by atoms with Gasteiger partial charge in [0.1, 0.15) is 0 Å². The van der Waals surface area contributed by atoms with Crippen LogP contribution in [-0.4, -0.2) is 16.8 Å². The quantitative estimate of drug-likeness (QED) is 0.341. The van der Waals surface area contributed by atoms with E-state index in [4.69, 9.17) is 5.84 Å². The molecular formula is C18H20N2O3. The minimum absolute atomic E-state index is 0.0103. The number of ketones is 1. The molecule has 0 aliphatic carbocycles. The normalized spacial score (nSPS) is 12.0. The number of carbonyl (C=O) groups is 2. The Balaban J connectivity index is 2.55. The first-order valence-corrected chi connectivity index (χ1v) is 7.38. The van der Waals surface area contributed by atoms with Crippen LogP contribution in [-0.2, 0) is 0 Å². The second-order valence-electron chi connectivity index (χ2n) is 5.66. The van der Waals surface area contributed by atoms with Gasteiger partial charge in [-0.2, -0.15) is 0 Å². The van der Waals surface area contributed by atoms with Gasteiger partial charge in [0.15, 0.2) is 5.78 Å². The van der Waals surface area contributed by atoms with Gasteiger partial charge in [-0.05, 0) is 23.6 Å². The molecule has 0 saturated carbocycles. The van der Waals surface area contributed by atoms with E-state index in [1.54, 1.807) is 36.4 Å². The number of carbonyl (C=O) groups excluding carboxylic acids is 2. The standard InChI is InChI=1S/C18H20N2O3/c1-11(2)16(21)13-8-9-14(18(23)20-19)15(10-13)17(22)12-6-4-3-5-7-12/h3-11,16,21H,19H2,1-2H3,(H,20,23). The Morgan fingerprint density at radius 3 is 2.26 bits per heavy atom. The lowest BCUT2D eigenvalue weighted by Crippen LogP contribution is -2.31. The first-order valence-electron chi connectivity index (χ1n) is 7.38. The van der Waals surface area contributed by atoms with Crippen molar-refractivity contribution >= 4 is 11.7 Å². The highest BCUT2D eigenvalue weighted by molar-refractivity contribution is 6.15. The molecule has 1 amide bonds. The number of aliphatic hydroxyl groups is 1. The molecule has 5 nitrogen and oxygen atoms in total. The molecule has 0 radical (unpaired) electrons. The van der Waals surface area contributed by atoms with Gasteiger partial charge in [0.25, 0.3) is 5.91 Å². The predicted octanol–water partition coefficient (Wildman–Crippen LogP) is 2.21. The lowest BCUT2D eigenvalue weighted by atomic mass is 9.91. The molecule has 0 spiro atoms. The van der Waals surface area contributed by atoms with Crippen molar-refractivity contribution in [1.29, 1.82) is 0 Å². The second kappa shape index (κ2) is 7.17. The summed E-state index contributed by atoms with van der Waals surface area (Å²) in [6.07, 6.45) is -0.715. The van der Waals surface area contributed by atoms with E-state index in [0.29, 0.717) is 11.1 Å². The molecule has 0 bridgehead atoms. The zero-order valence-corrected chi connectivity index (χ0v) is 13.1. The number of rotatable bonds is 5. The largest absolute Gasteiger partial charge is 0.388 e. The summed E-state index contributed by atoms with van der Waals surface area (Å²) in [4.78, 5) is 24.7. The number of nitrogen functional groups attached to an aromatic ring is 1. The Kier molecular flexibility index (Phi) is 5.26. The SMILES string of the molecule is CC(C)C(O)c1ccc(C(=O)NN)c(C(=O)c2ccccc2)c1. The lowest BCUT2D eigenvalue weighted by molar-refractivity contribution is 0.0941. The third-order valence-corrected chi connectivity index (χ3v) is 3.67. The summed E-state index contributed by atoms with van der Waals surface area (Å²) in [5.74, 6) is 4.35. The van der Waals surface area contributed by atoms with Gasteiger partial charge in [0, 0.05) is 11.1 Å². The molecule has 23 heavy (non-hydrogen) atoms. The van der Waals surface area contributed by atoms with Crippen LogP contribution in [0.1, 0.15) is 51.8 Å². The van der Waals surface area contributed by atoms with Gasteiger partial charge in [-0.1, -0.05) is 50.2 Å². The van der Waals surface area contributed by atoms with E-state index in [0.717, 1.165) is 0 Å². The second-order valence-corrected chi connectivity index (χ2v) is 5.66. The average Bonchev–Trinajstić information content (AvgIpc) is 2.59. The Labute approximate surface area is 135 Å². The number of hydrogen-bond acceptors (Lipinski definition) is 4. The van der Waals surface area contributed by atoms with Crippen molar-refractivity contribution in [2.75, 3.05) is 0 Å². The van der Waals surface area contributed by atoms with Gasteiger partial charge in [-0.3, -0.25) is 15.0 Å². The fourth-order valence-electron chi connectivity index (χ4n) is 2.34. The van der Waals surface area contributed by atoms with Crippen molar-refractivity contribution in [2.45, 2.75) is 20.0 Å². The van der Waals surface area contributed by atoms with E-state index in [9.17, 15) is 14.7 Å². The Morgan fingerprint density at radius 2 is 1.70 bits per heavy atom. The van der Waals surface area contributed by atoms with Gasteiger partial charge < -0.3 is 5.11 Å². The van der Waals surface area contributed by atoms with Crippen LogP contribution >= 0.6 is 0 Å². The predicted molar refractivity (Wildman–Crippen MR) is 87.8 cm³/mol. The van der Waals surface area contributed by atoms with Crippen LogP contribution in [0.15, 0.2) is 48.5 Å². The molecule has 0 fully saturated rings. The highest BCUT2D eigenvalue weighted by atomic mass is 16.3. The van der Waals surface area contributed by atoms with Gasteiger partial charge in [-0.25, -0.2) is 5.84 Å². The van der Waals surface area contributed by atoms with Crippen molar-refractivity contribution in [1.82, 2.24) is 5.43 Å². The summed E-state index contributed by atoms with van der Waals surface area (Å²) in [5, 5.41) is 10.2. The van der Waals surface area contributed by atoms with Crippen LogP contribution in [0.2, 0.25) is 0 Å². The molecule has 2 rings (SSSR count). The molecule has 1 unspecified atom stereocenters. The molecule has 2 aromatic carbocycles. The summed E-state index contributed by atoms with van der Waals surface area (Å²) in [6, 6.07) is 13.4. The van der Waals surface area contributed by atoms with Crippen molar-refractivity contribution in [3.05, 3.63) is 70.8 Å². The van der Waals surface area contributed by atoms with Crippen LogP contribution in [0.4, 0.5) is 0 Å². The molecule has 1 atom stereocenters. The maximum Gasteiger partial charge on any atom is 0.265 e. The number of benzene rings is 2. The molecule has 0 saturated heterocycles. The van der Waals surface area contributed by atoms with Crippen molar-refractivity contribution in [3.8, 4) is 0 Å². The van der Waals surface area contributed by atoms with E-state index in [1.807, 2.05) is 25.3 Å². The van der Waals surface area contributed by atoms with Crippen molar-refractivity contribution in [3.63, 3.8) is 0 Å². The molecule has 0 aromatic heterocycles. The van der Waals surface area contributed by atoms with Gasteiger partial charge in [-0.15, -0.1) is 0 Å². The Bertz CT molecular complexity index is 711. The fourth-order valence-corrected chi connectivity index (χ4v) is 2.34. The van der Waals surface area contributed by atoms with Crippen LogP contribution in [0.25, 0.3) is 0 Å². The molecule has 0 aliphatic heterocycles. The van der Waals surface area contributed by atoms with E-state index in [2.05, 4.69) is 0 Å². The third-order valence-electron chi connectivity index (χ3n) is 3.67. The van der Waals surface area contributed by atoms with E-state index in [1.165, 1.54) is 6.07 Å². The molecule has 4 N–H and O–H groups in total.